The van der Waals surface area contributed by atoms with Crippen molar-refractivity contribution in [3.63, 3.8) is 0 Å². The predicted octanol–water partition coefficient (Wildman–Crippen LogP) is 1.67. The second-order valence-electron chi connectivity index (χ2n) is 4.94. The van der Waals surface area contributed by atoms with Gasteiger partial charge >= 0.3 is 0 Å². The third-order valence-corrected chi connectivity index (χ3v) is 4.88. The molecule has 0 unspecified atom stereocenters. The quantitative estimate of drug-likeness (QED) is 0.695. The summed E-state index contributed by atoms with van der Waals surface area (Å²) in [5.74, 6) is 2.78. The van der Waals surface area contributed by atoms with Gasteiger partial charge < -0.3 is 15.2 Å². The number of aromatic nitrogens is 6. The molecule has 10 heteroatoms. The summed E-state index contributed by atoms with van der Waals surface area (Å²) in [6.07, 6.45) is 0. The minimum atomic E-state index is 0.219. The average molecular weight is 348 g/mol. The first kappa shape index (κ1) is 15.7. The van der Waals surface area contributed by atoms with Gasteiger partial charge in [0, 0.05) is 21.1 Å². The number of thioether (sulfide) groups is 1. The van der Waals surface area contributed by atoms with Gasteiger partial charge in [-0.1, -0.05) is 17.8 Å². The van der Waals surface area contributed by atoms with Crippen LogP contribution in [-0.2, 0) is 12.8 Å². The van der Waals surface area contributed by atoms with E-state index >= 15 is 0 Å². The Hall–Kier alpha value is -2.20. The van der Waals surface area contributed by atoms with Gasteiger partial charge in [-0.15, -0.1) is 21.5 Å². The van der Waals surface area contributed by atoms with Crippen LogP contribution in [-0.4, -0.2) is 43.8 Å². The molecule has 3 aromatic rings. The minimum Gasteiger partial charge on any atom is -0.368 e. The molecule has 0 aliphatic rings. The summed E-state index contributed by atoms with van der Waals surface area (Å²) in [5, 5.41) is 11.3. The molecule has 0 saturated carbocycles. The van der Waals surface area contributed by atoms with Gasteiger partial charge in [-0.05, 0) is 11.4 Å². The van der Waals surface area contributed by atoms with Crippen LogP contribution in [0.3, 0.4) is 0 Å². The predicted molar refractivity (Wildman–Crippen MR) is 92.4 cm³/mol. The number of nitrogens with zero attached hydrogens (tertiary/aromatic N) is 7. The van der Waals surface area contributed by atoms with E-state index in [1.54, 1.807) is 16.2 Å². The Bertz CT molecular complexity index is 796. The molecule has 0 aliphatic heterocycles. The molecule has 0 aliphatic carbocycles. The number of hydrogen-bond donors (Lipinski definition) is 1. The summed E-state index contributed by atoms with van der Waals surface area (Å²) in [4.78, 5) is 15.5. The van der Waals surface area contributed by atoms with Crippen LogP contribution in [0.5, 0.6) is 0 Å². The topological polar surface area (TPSA) is 98.6 Å². The molecule has 8 nitrogen and oxygen atoms in total. The summed E-state index contributed by atoms with van der Waals surface area (Å²) < 4.78 is 1.97. The monoisotopic (exact) mass is 348 g/mol. The number of hydrogen-bond acceptors (Lipinski definition) is 9. The van der Waals surface area contributed by atoms with E-state index in [2.05, 4.69) is 25.1 Å². The van der Waals surface area contributed by atoms with Crippen molar-refractivity contribution in [2.24, 2.45) is 7.05 Å². The number of anilines is 2. The highest BCUT2D eigenvalue weighted by molar-refractivity contribution is 7.98. The molecule has 0 radical (unpaired) electrons. The number of thiophene rings is 1. The van der Waals surface area contributed by atoms with Gasteiger partial charge in [-0.25, -0.2) is 0 Å². The molecule has 0 amide bonds. The summed E-state index contributed by atoms with van der Waals surface area (Å²) in [6, 6.07) is 4.02. The molecule has 23 heavy (non-hydrogen) atoms. The van der Waals surface area contributed by atoms with E-state index in [4.69, 9.17) is 5.73 Å². The lowest BCUT2D eigenvalue weighted by molar-refractivity contribution is 0.793. The van der Waals surface area contributed by atoms with Crippen LogP contribution < -0.4 is 10.6 Å². The Morgan fingerprint density at radius 3 is 2.78 bits per heavy atom. The Labute approximate surface area is 141 Å². The van der Waals surface area contributed by atoms with Crippen molar-refractivity contribution in [1.29, 1.82) is 0 Å². The summed E-state index contributed by atoms with van der Waals surface area (Å²) in [5.41, 5.74) is 5.73. The third kappa shape index (κ3) is 3.42. The van der Waals surface area contributed by atoms with Crippen LogP contribution in [0, 0.1) is 0 Å². The van der Waals surface area contributed by atoms with Crippen molar-refractivity contribution in [1.82, 2.24) is 29.7 Å². The largest absolute Gasteiger partial charge is 0.368 e. The van der Waals surface area contributed by atoms with Crippen molar-refractivity contribution in [3.8, 4) is 10.7 Å². The molecule has 3 rings (SSSR count). The normalized spacial score (nSPS) is 10.9. The zero-order chi connectivity index (χ0) is 16.4. The van der Waals surface area contributed by atoms with Gasteiger partial charge in [-0.3, -0.25) is 0 Å². The minimum absolute atomic E-state index is 0.219. The molecule has 3 aromatic heterocycles. The van der Waals surface area contributed by atoms with E-state index in [0.29, 0.717) is 17.5 Å². The molecule has 0 fully saturated rings. The van der Waals surface area contributed by atoms with Crippen LogP contribution in [0.2, 0.25) is 0 Å². The second-order valence-corrected chi connectivity index (χ2v) is 6.83. The van der Waals surface area contributed by atoms with Gasteiger partial charge in [0.05, 0.1) is 10.6 Å². The van der Waals surface area contributed by atoms with Crippen LogP contribution in [0.1, 0.15) is 5.82 Å². The fourth-order valence-electron chi connectivity index (χ4n) is 1.88. The van der Waals surface area contributed by atoms with E-state index in [0.717, 1.165) is 15.9 Å². The highest BCUT2D eigenvalue weighted by Crippen LogP contribution is 2.27. The van der Waals surface area contributed by atoms with Crippen molar-refractivity contribution >= 4 is 35.0 Å². The van der Waals surface area contributed by atoms with Crippen LogP contribution in [0.15, 0.2) is 22.7 Å². The summed E-state index contributed by atoms with van der Waals surface area (Å²) in [6.45, 7) is 0. The van der Waals surface area contributed by atoms with E-state index in [1.807, 2.05) is 43.2 Å². The maximum atomic E-state index is 5.73. The highest BCUT2D eigenvalue weighted by atomic mass is 32.2. The van der Waals surface area contributed by atoms with Gasteiger partial charge in [0.15, 0.2) is 11.0 Å². The van der Waals surface area contributed by atoms with Crippen molar-refractivity contribution in [2.75, 3.05) is 24.7 Å². The molecule has 0 bridgehead atoms. The van der Waals surface area contributed by atoms with E-state index in [1.165, 1.54) is 11.8 Å². The zero-order valence-electron chi connectivity index (χ0n) is 13.0. The molecule has 120 valence electrons. The molecule has 0 spiro atoms. The van der Waals surface area contributed by atoms with Gasteiger partial charge in [0.2, 0.25) is 11.9 Å². The molecule has 0 saturated heterocycles. The summed E-state index contributed by atoms with van der Waals surface area (Å²) in [7, 11) is 5.67. The van der Waals surface area contributed by atoms with Crippen LogP contribution >= 0.6 is 23.1 Å². The van der Waals surface area contributed by atoms with E-state index in [-0.39, 0.29) is 5.95 Å². The first-order chi connectivity index (χ1) is 11.0. The number of rotatable bonds is 5. The van der Waals surface area contributed by atoms with Gasteiger partial charge in [-0.2, -0.15) is 15.0 Å². The first-order valence-corrected chi connectivity index (χ1v) is 8.65. The molecule has 0 atom stereocenters. The molecular formula is C13H16N8S2. The first-order valence-electron chi connectivity index (χ1n) is 6.78. The zero-order valence-corrected chi connectivity index (χ0v) is 14.6. The molecule has 3 heterocycles. The highest BCUT2D eigenvalue weighted by Gasteiger charge is 2.13. The Morgan fingerprint density at radius 1 is 1.26 bits per heavy atom. The Morgan fingerprint density at radius 2 is 2.09 bits per heavy atom. The van der Waals surface area contributed by atoms with Crippen molar-refractivity contribution in [3.05, 3.63) is 23.3 Å². The Kier molecular flexibility index (Phi) is 4.44. The van der Waals surface area contributed by atoms with Gasteiger partial charge in [0.1, 0.15) is 5.82 Å². The van der Waals surface area contributed by atoms with Gasteiger partial charge in [0.25, 0.3) is 0 Å². The SMILES string of the molecule is CN(C)c1nc(N)nc(CSc2nnc(-c3cccs3)n2C)n1. The van der Waals surface area contributed by atoms with Crippen LogP contribution in [0.25, 0.3) is 10.7 Å². The smallest absolute Gasteiger partial charge is 0.229 e. The molecule has 0 aromatic carbocycles. The van der Waals surface area contributed by atoms with E-state index < -0.39 is 0 Å². The average Bonchev–Trinajstić information content (AvgIpc) is 3.14. The number of nitrogen functional groups attached to an aromatic ring is 1. The second kappa shape index (κ2) is 6.50. The lowest BCUT2D eigenvalue weighted by Gasteiger charge is -2.11. The lowest BCUT2D eigenvalue weighted by atomic mass is 10.4. The summed E-state index contributed by atoms with van der Waals surface area (Å²) >= 11 is 3.15. The van der Waals surface area contributed by atoms with Crippen molar-refractivity contribution in [2.45, 2.75) is 10.9 Å². The third-order valence-electron chi connectivity index (χ3n) is 2.99. The molecular weight excluding hydrogens is 332 g/mol. The standard InChI is InChI=1S/C13H16N8S2/c1-20(2)12-16-9(15-11(14)17-12)7-23-13-19-18-10(21(13)3)8-5-4-6-22-8/h4-6H,7H2,1-3H3,(H2,14,15,16,17). The maximum Gasteiger partial charge on any atom is 0.229 e. The Balaban J connectivity index is 1.77. The fourth-order valence-corrected chi connectivity index (χ4v) is 3.39. The fraction of sp³-hybridized carbons (Fsp3) is 0.308. The maximum absolute atomic E-state index is 5.73. The van der Waals surface area contributed by atoms with Crippen molar-refractivity contribution < 1.29 is 0 Å². The van der Waals surface area contributed by atoms with Crippen LogP contribution in [0.4, 0.5) is 11.9 Å². The van der Waals surface area contributed by atoms with E-state index in [9.17, 15) is 0 Å². The number of nitrogens with two attached hydrogens (primary N) is 1. The lowest BCUT2D eigenvalue weighted by Crippen LogP contribution is -2.16. The molecule has 2 N–H and O–H groups in total.